The molecule has 0 radical (unpaired) electrons. The quantitative estimate of drug-likeness (QED) is 0.673. The Kier molecular flexibility index (Phi) is 4.20. The van der Waals surface area contributed by atoms with Gasteiger partial charge in [-0.05, 0) is 35.2 Å². The summed E-state index contributed by atoms with van der Waals surface area (Å²) in [5.41, 5.74) is 1.65. The molecular weight excluding hydrogens is 318 g/mol. The lowest BCUT2D eigenvalue weighted by Gasteiger charge is -2.03. The maximum absolute atomic E-state index is 11.8. The second kappa shape index (κ2) is 6.45. The van der Waals surface area contributed by atoms with Crippen molar-refractivity contribution in [1.29, 1.82) is 0 Å². The van der Waals surface area contributed by atoms with E-state index in [0.29, 0.717) is 17.0 Å². The molecule has 6 nitrogen and oxygen atoms in total. The van der Waals surface area contributed by atoms with E-state index in [9.17, 15) is 9.59 Å². The summed E-state index contributed by atoms with van der Waals surface area (Å²) in [6.45, 7) is -0.401. The van der Waals surface area contributed by atoms with Crippen molar-refractivity contribution in [1.82, 2.24) is 0 Å². The van der Waals surface area contributed by atoms with Crippen LogP contribution in [0.1, 0.15) is 10.4 Å². The van der Waals surface area contributed by atoms with Gasteiger partial charge in [0.15, 0.2) is 6.61 Å². The van der Waals surface area contributed by atoms with E-state index in [0.717, 1.165) is 10.4 Å². The lowest BCUT2D eigenvalue weighted by atomic mass is 10.1. The van der Waals surface area contributed by atoms with Crippen LogP contribution in [0, 0.1) is 0 Å². The van der Waals surface area contributed by atoms with Gasteiger partial charge in [-0.1, -0.05) is 23.4 Å². The second-order valence-electron chi connectivity index (χ2n) is 4.61. The molecule has 1 aromatic carbocycles. The highest BCUT2D eigenvalue weighted by atomic mass is 32.1. The first-order chi connectivity index (χ1) is 11.1. The van der Waals surface area contributed by atoms with Crippen LogP contribution >= 0.6 is 11.3 Å². The molecule has 1 aliphatic rings. The predicted octanol–water partition coefficient (Wildman–Crippen LogP) is 2.56. The normalized spacial score (nSPS) is 15.4. The minimum Gasteiger partial charge on any atom is -0.482 e. The molecule has 7 heteroatoms. The highest BCUT2D eigenvalue weighted by Crippen LogP contribution is 2.24. The van der Waals surface area contributed by atoms with Crippen LogP contribution in [0.25, 0.3) is 6.08 Å². The third-order valence-corrected chi connectivity index (χ3v) is 3.88. The van der Waals surface area contributed by atoms with Gasteiger partial charge < -0.3 is 14.7 Å². The lowest BCUT2D eigenvalue weighted by molar-refractivity contribution is -0.139. The highest BCUT2D eigenvalue weighted by Gasteiger charge is 2.27. The van der Waals surface area contributed by atoms with E-state index in [-0.39, 0.29) is 0 Å². The van der Waals surface area contributed by atoms with Gasteiger partial charge in [0, 0.05) is 0 Å². The van der Waals surface area contributed by atoms with Crippen molar-refractivity contribution >= 4 is 35.1 Å². The van der Waals surface area contributed by atoms with Crippen LogP contribution in [0.2, 0.25) is 0 Å². The van der Waals surface area contributed by atoms with Gasteiger partial charge in [0.25, 0.3) is 0 Å². The van der Waals surface area contributed by atoms with Crippen LogP contribution in [0.5, 0.6) is 5.75 Å². The smallest absolute Gasteiger partial charge is 0.368 e. The van der Waals surface area contributed by atoms with Crippen LogP contribution in [0.15, 0.2) is 52.5 Å². The summed E-state index contributed by atoms with van der Waals surface area (Å²) in [7, 11) is 0. The summed E-state index contributed by atoms with van der Waals surface area (Å²) in [5.74, 6) is -1.10. The Labute approximate surface area is 135 Å². The number of aliphatic carboxylic acids is 1. The van der Waals surface area contributed by atoms with Gasteiger partial charge in [0.2, 0.25) is 0 Å². The van der Waals surface area contributed by atoms with Crippen molar-refractivity contribution in [3.05, 3.63) is 57.8 Å². The number of carboxylic acids is 1. The van der Waals surface area contributed by atoms with Crippen molar-refractivity contribution in [2.45, 2.75) is 0 Å². The number of carbonyl (C=O) groups is 2. The number of ether oxygens (including phenoxy) is 1. The van der Waals surface area contributed by atoms with Crippen LogP contribution in [-0.2, 0) is 14.4 Å². The number of oxime groups is 1. The molecule has 0 bridgehead atoms. The molecule has 116 valence electrons. The molecular formula is C16H11NO5S. The molecule has 0 fully saturated rings. The SMILES string of the molecule is O=C(O)COc1ccc(/C=C2\C(=O)ON=C2c2cccs2)cc1. The predicted molar refractivity (Wildman–Crippen MR) is 84.5 cm³/mol. The third-order valence-electron chi connectivity index (χ3n) is 3.00. The van der Waals surface area contributed by atoms with Crippen LogP contribution in [0.3, 0.4) is 0 Å². The maximum atomic E-state index is 11.8. The van der Waals surface area contributed by atoms with Gasteiger partial charge in [0.1, 0.15) is 11.5 Å². The standard InChI is InChI=1S/C16H11NO5S/c18-14(19)9-21-11-5-3-10(4-6-11)8-12-15(17-22-16(12)20)13-2-1-7-23-13/h1-8H,9H2,(H,18,19)/b12-8-. The maximum Gasteiger partial charge on any atom is 0.368 e. The fourth-order valence-corrected chi connectivity index (χ4v) is 2.69. The first-order valence-corrected chi connectivity index (χ1v) is 7.51. The number of nitrogens with zero attached hydrogens (tertiary/aromatic N) is 1. The first kappa shape index (κ1) is 15.0. The summed E-state index contributed by atoms with van der Waals surface area (Å²) in [5, 5.41) is 14.3. The fraction of sp³-hybridized carbons (Fsp3) is 0.0625. The van der Waals surface area contributed by atoms with Gasteiger partial charge in [-0.2, -0.15) is 0 Å². The molecule has 1 aliphatic heterocycles. The summed E-state index contributed by atoms with van der Waals surface area (Å²) in [4.78, 5) is 27.9. The number of benzene rings is 1. The number of hydrogen-bond acceptors (Lipinski definition) is 6. The Morgan fingerprint density at radius 2 is 2.09 bits per heavy atom. The molecule has 2 heterocycles. The fourth-order valence-electron chi connectivity index (χ4n) is 1.97. The Balaban J connectivity index is 1.81. The molecule has 0 saturated carbocycles. The van der Waals surface area contributed by atoms with Gasteiger partial charge in [0.05, 0.1) is 10.5 Å². The molecule has 0 amide bonds. The van der Waals surface area contributed by atoms with E-state index < -0.39 is 18.5 Å². The molecule has 1 N–H and O–H groups in total. The highest BCUT2D eigenvalue weighted by molar-refractivity contribution is 7.12. The molecule has 3 rings (SSSR count). The Hall–Kier alpha value is -2.93. The molecule has 23 heavy (non-hydrogen) atoms. The first-order valence-electron chi connectivity index (χ1n) is 6.63. The van der Waals surface area contributed by atoms with E-state index >= 15 is 0 Å². The minimum atomic E-state index is -1.04. The molecule has 1 aromatic heterocycles. The minimum absolute atomic E-state index is 0.381. The van der Waals surface area contributed by atoms with Crippen LogP contribution in [0.4, 0.5) is 0 Å². The second-order valence-corrected chi connectivity index (χ2v) is 5.55. The summed E-state index contributed by atoms with van der Waals surface area (Å²) in [6.07, 6.45) is 1.68. The Morgan fingerprint density at radius 1 is 1.30 bits per heavy atom. The number of rotatable bonds is 5. The van der Waals surface area contributed by atoms with E-state index in [1.807, 2.05) is 17.5 Å². The molecule has 0 spiro atoms. The summed E-state index contributed by atoms with van der Waals surface area (Å²) in [6, 6.07) is 10.5. The van der Waals surface area contributed by atoms with Gasteiger partial charge >= 0.3 is 11.9 Å². The molecule has 2 aromatic rings. The average Bonchev–Trinajstić information content (AvgIpc) is 3.17. The van der Waals surface area contributed by atoms with Crippen molar-refractivity contribution in [3.8, 4) is 5.75 Å². The molecule has 0 aliphatic carbocycles. The monoisotopic (exact) mass is 329 g/mol. The average molecular weight is 329 g/mol. The summed E-state index contributed by atoms with van der Waals surface area (Å²) >= 11 is 1.47. The number of hydrogen-bond donors (Lipinski definition) is 1. The largest absolute Gasteiger partial charge is 0.482 e. The number of thiophene rings is 1. The van der Waals surface area contributed by atoms with E-state index in [4.69, 9.17) is 14.7 Å². The molecule has 0 unspecified atom stereocenters. The Morgan fingerprint density at radius 3 is 2.74 bits per heavy atom. The van der Waals surface area contributed by atoms with E-state index in [1.54, 1.807) is 30.3 Å². The topological polar surface area (TPSA) is 85.2 Å². The lowest BCUT2D eigenvalue weighted by Crippen LogP contribution is -2.09. The summed E-state index contributed by atoms with van der Waals surface area (Å²) < 4.78 is 5.06. The zero-order chi connectivity index (χ0) is 16.2. The molecule has 0 saturated heterocycles. The third kappa shape index (κ3) is 3.46. The number of carboxylic acid groups (broad SMARTS) is 1. The Bertz CT molecular complexity index is 790. The van der Waals surface area contributed by atoms with Crippen LogP contribution < -0.4 is 4.74 Å². The van der Waals surface area contributed by atoms with Crippen molar-refractivity contribution < 1.29 is 24.3 Å². The number of carbonyl (C=O) groups excluding carboxylic acids is 1. The van der Waals surface area contributed by atoms with E-state index in [1.165, 1.54) is 11.3 Å². The van der Waals surface area contributed by atoms with Gasteiger partial charge in [-0.25, -0.2) is 9.59 Å². The van der Waals surface area contributed by atoms with Crippen molar-refractivity contribution in [2.75, 3.05) is 6.61 Å². The molecule has 0 atom stereocenters. The zero-order valence-corrected chi connectivity index (χ0v) is 12.6. The van der Waals surface area contributed by atoms with Gasteiger partial charge in [-0.15, -0.1) is 11.3 Å². The van der Waals surface area contributed by atoms with Crippen LogP contribution in [-0.4, -0.2) is 29.4 Å². The zero-order valence-electron chi connectivity index (χ0n) is 11.8. The van der Waals surface area contributed by atoms with Crippen molar-refractivity contribution in [2.24, 2.45) is 5.16 Å². The van der Waals surface area contributed by atoms with Gasteiger partial charge in [-0.3, -0.25) is 0 Å². The van der Waals surface area contributed by atoms with E-state index in [2.05, 4.69) is 5.16 Å². The van der Waals surface area contributed by atoms with Crippen molar-refractivity contribution in [3.63, 3.8) is 0 Å².